The number of methoxy groups -OCH3 is 3. The summed E-state index contributed by atoms with van der Waals surface area (Å²) in [5.74, 6) is 2.54. The summed E-state index contributed by atoms with van der Waals surface area (Å²) in [4.78, 5) is 18.4. The number of amides is 1. The van der Waals surface area contributed by atoms with Crippen molar-refractivity contribution in [3.8, 4) is 39.8 Å². The molecule has 0 saturated carbocycles. The first kappa shape index (κ1) is 49.1. The number of carbonyl (C=O) groups excluding carboxylic acids is 1. The SMILES string of the molecule is COc1ccc(CN(Cc2ccc(OC)cc2)S(=O)(=O)c2c(CC3CCN(CCO)CC3)ccc(-c3ccc(C4CN(C(=O)OC(C)(C)C)C4)cc3)c2-c2nnn(Cc3ccc(OC)cc3)n2)cc1. The van der Waals surface area contributed by atoms with Crippen molar-refractivity contribution in [1.29, 1.82) is 0 Å². The molecule has 0 bridgehead atoms. The predicted molar refractivity (Wildman–Crippen MR) is 264 cm³/mol. The molecule has 16 heteroatoms. The molecule has 0 unspecified atom stereocenters. The fourth-order valence-electron chi connectivity index (χ4n) is 9.04. The lowest BCUT2D eigenvalue weighted by molar-refractivity contribution is 0.00818. The Morgan fingerprint density at radius 2 is 1.30 bits per heavy atom. The molecule has 1 aromatic heterocycles. The Hall–Kier alpha value is -6.33. The third kappa shape index (κ3) is 11.9. The molecule has 1 amide bonds. The molecule has 0 spiro atoms. The van der Waals surface area contributed by atoms with Gasteiger partial charge in [-0.05, 0) is 140 Å². The standard InChI is InChI=1S/C53H63N7O8S/c1-53(2,3)68-52(62)58-35-44(36-58)41-13-15-42(16-14-41)48-24-17-43(31-37-25-27-57(28-26-37)29-30-61)50(49(48)51-54-56-60(55-51)34-40-11-22-47(67-6)23-12-40)69(63,64)59(32-38-7-18-45(65-4)19-8-38)33-39-9-20-46(66-5)21-10-39/h7-24,37,44,61H,25-36H2,1-6H3. The molecule has 0 aliphatic carbocycles. The van der Waals surface area contributed by atoms with Crippen LogP contribution in [-0.2, 0) is 40.8 Å². The monoisotopic (exact) mass is 957 g/mol. The Labute approximate surface area is 405 Å². The number of rotatable bonds is 18. The number of hydrogen-bond acceptors (Lipinski definition) is 12. The normalized spacial score (nSPS) is 15.0. The second-order valence-corrected chi connectivity index (χ2v) is 20.7. The maximum absolute atomic E-state index is 16.2. The van der Waals surface area contributed by atoms with E-state index in [2.05, 4.69) is 15.2 Å². The number of aromatic nitrogens is 4. The molecule has 0 radical (unpaired) electrons. The molecule has 69 heavy (non-hydrogen) atoms. The molecule has 2 aliphatic heterocycles. The van der Waals surface area contributed by atoms with Crippen molar-refractivity contribution in [1.82, 2.24) is 34.3 Å². The van der Waals surface area contributed by atoms with Crippen LogP contribution in [0.15, 0.2) is 114 Å². The minimum Gasteiger partial charge on any atom is -0.497 e. The molecular weight excluding hydrogens is 895 g/mol. The summed E-state index contributed by atoms with van der Waals surface area (Å²) in [6.07, 6.45) is 1.87. The lowest BCUT2D eigenvalue weighted by Gasteiger charge is -2.40. The van der Waals surface area contributed by atoms with E-state index in [-0.39, 0.29) is 54.9 Å². The molecule has 6 aromatic rings. The molecule has 0 atom stereocenters. The Morgan fingerprint density at radius 1 is 0.754 bits per heavy atom. The van der Waals surface area contributed by atoms with E-state index in [9.17, 15) is 9.90 Å². The first-order chi connectivity index (χ1) is 33.2. The van der Waals surface area contributed by atoms with Crippen LogP contribution in [0.4, 0.5) is 4.79 Å². The zero-order valence-electron chi connectivity index (χ0n) is 40.4. The van der Waals surface area contributed by atoms with E-state index in [0.717, 1.165) is 59.5 Å². The first-order valence-electron chi connectivity index (χ1n) is 23.5. The number of hydrogen-bond donors (Lipinski definition) is 1. The number of aliphatic hydroxyl groups excluding tert-OH is 1. The summed E-state index contributed by atoms with van der Waals surface area (Å²) in [6.45, 7) is 9.39. The zero-order valence-corrected chi connectivity index (χ0v) is 41.2. The average Bonchev–Trinajstić information content (AvgIpc) is 3.79. The summed E-state index contributed by atoms with van der Waals surface area (Å²) >= 11 is 0. The van der Waals surface area contributed by atoms with Crippen molar-refractivity contribution in [2.24, 2.45) is 5.92 Å². The highest BCUT2D eigenvalue weighted by Gasteiger charge is 2.37. The van der Waals surface area contributed by atoms with Gasteiger partial charge in [-0.15, -0.1) is 10.2 Å². The van der Waals surface area contributed by atoms with Crippen molar-refractivity contribution in [3.63, 3.8) is 0 Å². The molecule has 2 saturated heterocycles. The Kier molecular flexibility index (Phi) is 15.3. The highest BCUT2D eigenvalue weighted by atomic mass is 32.2. The van der Waals surface area contributed by atoms with Crippen molar-refractivity contribution >= 4 is 16.1 Å². The van der Waals surface area contributed by atoms with E-state index in [0.29, 0.717) is 54.2 Å². The number of β-amino-alcohol motifs (C(OH)–C–C–N with tert-alkyl or cyclic N) is 1. The van der Waals surface area contributed by atoms with E-state index >= 15 is 8.42 Å². The van der Waals surface area contributed by atoms with Gasteiger partial charge in [-0.25, -0.2) is 13.2 Å². The zero-order chi connectivity index (χ0) is 48.7. The first-order valence-corrected chi connectivity index (χ1v) is 24.9. The van der Waals surface area contributed by atoms with Crippen LogP contribution in [0.2, 0.25) is 0 Å². The summed E-state index contributed by atoms with van der Waals surface area (Å²) in [7, 11) is 0.429. The minimum absolute atomic E-state index is 0.0645. The van der Waals surface area contributed by atoms with Crippen LogP contribution < -0.4 is 14.2 Å². The number of tetrazole rings is 1. The average molecular weight is 958 g/mol. The molecule has 1 N–H and O–H groups in total. The summed E-state index contributed by atoms with van der Waals surface area (Å²) in [5.41, 5.74) is 5.41. The lowest BCUT2D eigenvalue weighted by atomic mass is 9.87. The van der Waals surface area contributed by atoms with Crippen molar-refractivity contribution < 1.29 is 37.3 Å². The fourth-order valence-corrected chi connectivity index (χ4v) is 10.9. The Bertz CT molecular complexity index is 2710. The van der Waals surface area contributed by atoms with Crippen LogP contribution >= 0.6 is 0 Å². The van der Waals surface area contributed by atoms with Crippen molar-refractivity contribution in [2.75, 3.05) is 60.7 Å². The highest BCUT2D eigenvalue weighted by Crippen LogP contribution is 2.42. The number of ether oxygens (including phenoxy) is 4. The topological polar surface area (TPSA) is 162 Å². The number of aliphatic hydroxyl groups is 1. The van der Waals surface area contributed by atoms with Crippen LogP contribution in [0.5, 0.6) is 17.2 Å². The number of benzene rings is 5. The molecule has 5 aromatic carbocycles. The van der Waals surface area contributed by atoms with Crippen LogP contribution in [0.25, 0.3) is 22.5 Å². The lowest BCUT2D eigenvalue weighted by Crippen LogP contribution is -2.50. The van der Waals surface area contributed by atoms with E-state index in [1.807, 2.05) is 130 Å². The van der Waals surface area contributed by atoms with Gasteiger partial charge in [-0.2, -0.15) is 9.10 Å². The molecule has 2 fully saturated rings. The predicted octanol–water partition coefficient (Wildman–Crippen LogP) is 8.05. The molecule has 364 valence electrons. The van der Waals surface area contributed by atoms with E-state index in [4.69, 9.17) is 24.0 Å². The largest absolute Gasteiger partial charge is 0.497 e. The third-order valence-electron chi connectivity index (χ3n) is 12.9. The molecule has 2 aliphatic rings. The number of likely N-dealkylation sites (tertiary alicyclic amines) is 2. The number of carbonyl (C=O) groups is 1. The third-order valence-corrected chi connectivity index (χ3v) is 14.8. The number of nitrogens with zero attached hydrogens (tertiary/aromatic N) is 7. The maximum Gasteiger partial charge on any atom is 0.410 e. The van der Waals surface area contributed by atoms with Crippen LogP contribution in [-0.4, -0.2) is 120 Å². The van der Waals surface area contributed by atoms with E-state index in [1.165, 1.54) is 9.10 Å². The summed E-state index contributed by atoms with van der Waals surface area (Å²) in [5, 5.41) is 23.8. The van der Waals surface area contributed by atoms with Gasteiger partial charge < -0.3 is 33.9 Å². The number of piperidine rings is 1. The highest BCUT2D eigenvalue weighted by molar-refractivity contribution is 7.89. The van der Waals surface area contributed by atoms with Gasteiger partial charge in [0.15, 0.2) is 0 Å². The van der Waals surface area contributed by atoms with Crippen molar-refractivity contribution in [3.05, 3.63) is 137 Å². The van der Waals surface area contributed by atoms with Gasteiger partial charge in [0.05, 0.1) is 44.9 Å². The fraction of sp³-hybridized carbons (Fsp3) is 0.396. The van der Waals surface area contributed by atoms with Gasteiger partial charge in [0, 0.05) is 38.6 Å². The van der Waals surface area contributed by atoms with Gasteiger partial charge in [-0.3, -0.25) is 0 Å². The second-order valence-electron chi connectivity index (χ2n) is 18.9. The Morgan fingerprint density at radius 3 is 1.83 bits per heavy atom. The van der Waals surface area contributed by atoms with E-state index < -0.39 is 15.6 Å². The van der Waals surface area contributed by atoms with Gasteiger partial charge in [0.2, 0.25) is 15.8 Å². The summed E-state index contributed by atoms with van der Waals surface area (Å²) < 4.78 is 55.8. The smallest absolute Gasteiger partial charge is 0.410 e. The molecule has 3 heterocycles. The molecule has 8 rings (SSSR count). The number of sulfonamides is 1. The summed E-state index contributed by atoms with van der Waals surface area (Å²) in [6, 6.07) is 34.6. The van der Waals surface area contributed by atoms with Crippen LogP contribution in [0.1, 0.15) is 67.3 Å². The van der Waals surface area contributed by atoms with Crippen LogP contribution in [0.3, 0.4) is 0 Å². The maximum atomic E-state index is 16.2. The Balaban J connectivity index is 1.25. The van der Waals surface area contributed by atoms with Gasteiger partial charge >= 0.3 is 6.09 Å². The van der Waals surface area contributed by atoms with Crippen molar-refractivity contribution in [2.45, 2.75) is 76.1 Å². The van der Waals surface area contributed by atoms with Gasteiger partial charge in [-0.1, -0.05) is 72.8 Å². The molecule has 15 nitrogen and oxygen atoms in total. The second kappa shape index (κ2) is 21.5. The quantitative estimate of drug-likeness (QED) is 0.0884. The van der Waals surface area contributed by atoms with Gasteiger partial charge in [0.25, 0.3) is 0 Å². The van der Waals surface area contributed by atoms with E-state index in [1.54, 1.807) is 26.2 Å². The minimum atomic E-state index is -4.39. The van der Waals surface area contributed by atoms with Crippen LogP contribution in [0, 0.1) is 5.92 Å². The van der Waals surface area contributed by atoms with Gasteiger partial charge in [0.1, 0.15) is 22.8 Å². The molecular formula is C53H63N7O8S.